The normalized spacial score (nSPS) is 19.7. The standard InChI is InChI=1S/C6H12N.ClH.Zn/c1-7-5-3-2-4-6-7;;/h2H,3-6H2,1H3;1H;/p-1. The SMILES string of the molecule is CN1CC[CH]CC1.[Cl-].[Zn]. The van der Waals surface area contributed by atoms with Gasteiger partial charge >= 0.3 is 0 Å². The van der Waals surface area contributed by atoms with E-state index in [-0.39, 0.29) is 31.9 Å². The topological polar surface area (TPSA) is 3.24 Å². The fraction of sp³-hybridized carbons (Fsp3) is 0.833. The van der Waals surface area contributed by atoms with Gasteiger partial charge in [0.25, 0.3) is 0 Å². The number of hydrogen-bond donors (Lipinski definition) is 0. The molecule has 0 aliphatic carbocycles. The van der Waals surface area contributed by atoms with E-state index in [0.29, 0.717) is 0 Å². The molecular weight excluding hydrogens is 187 g/mol. The van der Waals surface area contributed by atoms with Crippen LogP contribution in [-0.2, 0) is 19.5 Å². The second-order valence-electron chi connectivity index (χ2n) is 2.17. The minimum atomic E-state index is 0. The van der Waals surface area contributed by atoms with Gasteiger partial charge in [0.15, 0.2) is 0 Å². The molecule has 0 aromatic carbocycles. The Labute approximate surface area is 76.4 Å². The predicted octanol–water partition coefficient (Wildman–Crippen LogP) is -2.08. The molecule has 0 aromatic rings. The molecular formula is C6H12ClNZn-. The smallest absolute Gasteiger partial charge is 0 e. The van der Waals surface area contributed by atoms with Crippen molar-refractivity contribution in [1.82, 2.24) is 4.90 Å². The van der Waals surface area contributed by atoms with Crippen molar-refractivity contribution >= 4 is 0 Å². The zero-order valence-electron chi connectivity index (χ0n) is 5.94. The fourth-order valence-corrected chi connectivity index (χ4v) is 0.879. The van der Waals surface area contributed by atoms with Crippen molar-refractivity contribution in [3.05, 3.63) is 6.42 Å². The number of hydrogen-bond acceptors (Lipinski definition) is 1. The van der Waals surface area contributed by atoms with Gasteiger partial charge in [-0.3, -0.25) is 0 Å². The number of halogens is 1. The summed E-state index contributed by atoms with van der Waals surface area (Å²) in [7, 11) is 2.17. The third-order valence-corrected chi connectivity index (χ3v) is 1.43. The van der Waals surface area contributed by atoms with Gasteiger partial charge < -0.3 is 17.3 Å². The van der Waals surface area contributed by atoms with Gasteiger partial charge in [-0.1, -0.05) is 0 Å². The van der Waals surface area contributed by atoms with Crippen LogP contribution in [0, 0.1) is 6.42 Å². The van der Waals surface area contributed by atoms with E-state index in [2.05, 4.69) is 18.4 Å². The molecule has 0 spiro atoms. The molecule has 0 saturated carbocycles. The zero-order chi connectivity index (χ0) is 5.11. The van der Waals surface area contributed by atoms with Gasteiger partial charge in [0, 0.05) is 19.5 Å². The number of piperidine rings is 1. The molecule has 0 amide bonds. The third kappa shape index (κ3) is 5.32. The quantitative estimate of drug-likeness (QED) is 0.404. The Kier molecular flexibility index (Phi) is 9.73. The second-order valence-corrected chi connectivity index (χ2v) is 2.17. The summed E-state index contributed by atoms with van der Waals surface area (Å²) in [6, 6.07) is 0. The molecule has 1 aliphatic rings. The molecule has 1 fully saturated rings. The maximum Gasteiger partial charge on any atom is 0 e. The van der Waals surface area contributed by atoms with Crippen LogP contribution in [0.1, 0.15) is 12.8 Å². The summed E-state index contributed by atoms with van der Waals surface area (Å²) in [4.78, 5) is 2.36. The van der Waals surface area contributed by atoms with Crippen molar-refractivity contribution in [1.29, 1.82) is 0 Å². The van der Waals surface area contributed by atoms with Crippen LogP contribution in [0.3, 0.4) is 0 Å². The summed E-state index contributed by atoms with van der Waals surface area (Å²) in [5.74, 6) is 0. The van der Waals surface area contributed by atoms with Crippen LogP contribution in [-0.4, -0.2) is 25.0 Å². The van der Waals surface area contributed by atoms with Gasteiger partial charge in [0.2, 0.25) is 0 Å². The first-order chi connectivity index (χ1) is 3.39. The maximum atomic E-state index is 2.36. The van der Waals surface area contributed by atoms with E-state index in [1.54, 1.807) is 0 Å². The van der Waals surface area contributed by atoms with Crippen molar-refractivity contribution in [3.8, 4) is 0 Å². The number of rotatable bonds is 0. The molecule has 1 aliphatic heterocycles. The molecule has 3 heteroatoms. The Hall–Kier alpha value is 0.873. The van der Waals surface area contributed by atoms with E-state index in [0.717, 1.165) is 0 Å². The largest absolute Gasteiger partial charge is 1.00 e. The summed E-state index contributed by atoms with van der Waals surface area (Å²) >= 11 is 0. The maximum absolute atomic E-state index is 2.36. The van der Waals surface area contributed by atoms with Gasteiger partial charge in [0.05, 0.1) is 0 Å². The molecule has 9 heavy (non-hydrogen) atoms. The first-order valence-corrected chi connectivity index (χ1v) is 2.90. The van der Waals surface area contributed by atoms with Crippen molar-refractivity contribution in [2.24, 2.45) is 0 Å². The van der Waals surface area contributed by atoms with Crippen LogP contribution in [0.4, 0.5) is 0 Å². The first-order valence-electron chi connectivity index (χ1n) is 2.90. The minimum absolute atomic E-state index is 0. The summed E-state index contributed by atoms with van der Waals surface area (Å²) in [5.41, 5.74) is 0. The molecule has 0 bridgehead atoms. The van der Waals surface area contributed by atoms with Crippen molar-refractivity contribution in [3.63, 3.8) is 0 Å². The molecule has 0 N–H and O–H groups in total. The average molecular weight is 199 g/mol. The van der Waals surface area contributed by atoms with Crippen LogP contribution < -0.4 is 12.4 Å². The molecule has 0 aromatic heterocycles. The Morgan fingerprint density at radius 2 is 1.67 bits per heavy atom. The number of likely N-dealkylation sites (tertiary alicyclic amines) is 1. The molecule has 0 atom stereocenters. The van der Waals surface area contributed by atoms with Gasteiger partial charge in [-0.2, -0.15) is 0 Å². The molecule has 1 radical (unpaired) electrons. The summed E-state index contributed by atoms with van der Waals surface area (Å²) in [6.45, 7) is 2.53. The summed E-state index contributed by atoms with van der Waals surface area (Å²) < 4.78 is 0. The Balaban J connectivity index is 0. The molecule has 0 unspecified atom stereocenters. The average Bonchev–Trinajstić information content (AvgIpc) is 1.69. The van der Waals surface area contributed by atoms with Gasteiger partial charge in [-0.25, -0.2) is 0 Å². The second kappa shape index (κ2) is 6.99. The van der Waals surface area contributed by atoms with Crippen LogP contribution >= 0.6 is 0 Å². The van der Waals surface area contributed by atoms with Crippen LogP contribution in [0.5, 0.6) is 0 Å². The van der Waals surface area contributed by atoms with Crippen molar-refractivity contribution < 1.29 is 31.9 Å². The van der Waals surface area contributed by atoms with E-state index in [9.17, 15) is 0 Å². The van der Waals surface area contributed by atoms with Crippen LogP contribution in [0.2, 0.25) is 0 Å². The van der Waals surface area contributed by atoms with Crippen LogP contribution in [0.15, 0.2) is 0 Å². The van der Waals surface area contributed by atoms with Crippen molar-refractivity contribution in [2.45, 2.75) is 12.8 Å². The third-order valence-electron chi connectivity index (χ3n) is 1.43. The van der Waals surface area contributed by atoms with E-state index in [1.165, 1.54) is 25.9 Å². The molecule has 1 rings (SSSR count). The summed E-state index contributed by atoms with van der Waals surface area (Å²) in [5, 5.41) is 0. The Morgan fingerprint density at radius 1 is 1.22 bits per heavy atom. The summed E-state index contributed by atoms with van der Waals surface area (Å²) in [6.07, 6.45) is 4.94. The van der Waals surface area contributed by atoms with Crippen molar-refractivity contribution in [2.75, 3.05) is 20.1 Å². The minimum Gasteiger partial charge on any atom is -1.00 e. The van der Waals surface area contributed by atoms with Gasteiger partial charge in [-0.15, -0.1) is 0 Å². The Bertz CT molecular complexity index is 55.0. The van der Waals surface area contributed by atoms with E-state index in [4.69, 9.17) is 0 Å². The van der Waals surface area contributed by atoms with E-state index in [1.807, 2.05) is 0 Å². The molecule has 51 valence electrons. The molecule has 1 heterocycles. The first kappa shape index (κ1) is 12.5. The predicted molar refractivity (Wildman–Crippen MR) is 31.0 cm³/mol. The van der Waals surface area contributed by atoms with E-state index >= 15 is 0 Å². The molecule has 1 nitrogen and oxygen atoms in total. The fourth-order valence-electron chi connectivity index (χ4n) is 0.879. The van der Waals surface area contributed by atoms with Gasteiger partial charge in [0.1, 0.15) is 0 Å². The number of nitrogens with zero attached hydrogens (tertiary/aromatic N) is 1. The van der Waals surface area contributed by atoms with Gasteiger partial charge in [-0.05, 0) is 39.4 Å². The molecule has 1 saturated heterocycles. The van der Waals surface area contributed by atoms with E-state index < -0.39 is 0 Å². The monoisotopic (exact) mass is 197 g/mol. The Morgan fingerprint density at radius 3 is 1.89 bits per heavy atom. The zero-order valence-corrected chi connectivity index (χ0v) is 9.66. The van der Waals surface area contributed by atoms with Crippen LogP contribution in [0.25, 0.3) is 0 Å².